The first kappa shape index (κ1) is 21.4. The van der Waals surface area contributed by atoms with E-state index in [2.05, 4.69) is 25.2 Å². The number of hydrogen-bond donors (Lipinski definition) is 0. The number of fused-ring (bicyclic) bond motifs is 2. The SMILES string of the molecule is O=C(/C=C\c1ccc2c(c1)OCO2)N1CCN(c2ncnc3c2nnn3-c2ccc(Cl)cc2)CC1. The Bertz CT molecular complexity index is 1430. The largest absolute Gasteiger partial charge is 0.454 e. The van der Waals surface area contributed by atoms with Crippen LogP contribution in [-0.2, 0) is 4.79 Å². The zero-order chi connectivity index (χ0) is 23.8. The standard InChI is InChI=1S/C24H20ClN7O3/c25-17-3-5-18(6-4-17)32-24-22(28-29-32)23(26-14-27-24)31-11-9-30(10-12-31)21(33)8-2-16-1-7-19-20(13-16)35-15-34-19/h1-8,13-14H,9-12,15H2/b8-2-. The first-order chi connectivity index (χ1) is 17.2. The summed E-state index contributed by atoms with van der Waals surface area (Å²) in [5.41, 5.74) is 2.92. The summed E-state index contributed by atoms with van der Waals surface area (Å²) in [5, 5.41) is 9.25. The van der Waals surface area contributed by atoms with E-state index in [-0.39, 0.29) is 12.7 Å². The molecule has 0 radical (unpaired) electrons. The first-order valence-electron chi connectivity index (χ1n) is 11.1. The fourth-order valence-electron chi connectivity index (χ4n) is 4.15. The molecule has 0 unspecified atom stereocenters. The predicted octanol–water partition coefficient (Wildman–Crippen LogP) is 2.95. The summed E-state index contributed by atoms with van der Waals surface area (Å²) in [7, 11) is 0. The summed E-state index contributed by atoms with van der Waals surface area (Å²) >= 11 is 6.00. The van der Waals surface area contributed by atoms with Crippen LogP contribution < -0.4 is 14.4 Å². The normalized spacial score (nSPS) is 15.3. The summed E-state index contributed by atoms with van der Waals surface area (Å²) in [4.78, 5) is 25.5. The van der Waals surface area contributed by atoms with Crippen molar-refractivity contribution >= 4 is 40.6 Å². The van der Waals surface area contributed by atoms with E-state index in [0.717, 1.165) is 17.0 Å². The lowest BCUT2D eigenvalue weighted by Crippen LogP contribution is -2.48. The quantitative estimate of drug-likeness (QED) is 0.403. The maximum atomic E-state index is 12.7. The first-order valence-corrected chi connectivity index (χ1v) is 11.5. The highest BCUT2D eigenvalue weighted by molar-refractivity contribution is 6.30. The van der Waals surface area contributed by atoms with Gasteiger partial charge in [-0.15, -0.1) is 5.10 Å². The third-order valence-corrected chi connectivity index (χ3v) is 6.25. The molecule has 10 nitrogen and oxygen atoms in total. The van der Waals surface area contributed by atoms with Crippen LogP contribution in [-0.4, -0.2) is 68.7 Å². The van der Waals surface area contributed by atoms with Gasteiger partial charge < -0.3 is 19.3 Å². The number of halogens is 1. The Kier molecular flexibility index (Phi) is 5.42. The van der Waals surface area contributed by atoms with Gasteiger partial charge in [0.25, 0.3) is 0 Å². The van der Waals surface area contributed by atoms with Crippen LogP contribution >= 0.6 is 11.6 Å². The molecule has 11 heteroatoms. The van der Waals surface area contributed by atoms with Crippen molar-refractivity contribution in [2.45, 2.75) is 0 Å². The van der Waals surface area contributed by atoms with Gasteiger partial charge in [0.05, 0.1) is 5.69 Å². The molecule has 35 heavy (non-hydrogen) atoms. The molecule has 2 aliphatic heterocycles. The van der Waals surface area contributed by atoms with Crippen molar-refractivity contribution < 1.29 is 14.3 Å². The Morgan fingerprint density at radius 2 is 1.77 bits per heavy atom. The zero-order valence-electron chi connectivity index (χ0n) is 18.5. The highest BCUT2D eigenvalue weighted by Gasteiger charge is 2.24. The predicted molar refractivity (Wildman–Crippen MR) is 130 cm³/mol. The number of hydrogen-bond acceptors (Lipinski definition) is 8. The van der Waals surface area contributed by atoms with E-state index < -0.39 is 0 Å². The molecule has 0 spiro atoms. The summed E-state index contributed by atoms with van der Waals surface area (Å²) in [5.74, 6) is 2.08. The van der Waals surface area contributed by atoms with Crippen LogP contribution in [0.25, 0.3) is 22.9 Å². The molecular formula is C24H20ClN7O3. The molecule has 0 aliphatic carbocycles. The van der Waals surface area contributed by atoms with Crippen molar-refractivity contribution in [2.75, 3.05) is 37.9 Å². The number of carbonyl (C=O) groups is 1. The highest BCUT2D eigenvalue weighted by atomic mass is 35.5. The maximum Gasteiger partial charge on any atom is 0.246 e. The lowest BCUT2D eigenvalue weighted by atomic mass is 10.2. The number of piperazine rings is 1. The third kappa shape index (κ3) is 4.12. The number of nitrogens with zero attached hydrogens (tertiary/aromatic N) is 7. The van der Waals surface area contributed by atoms with Crippen LogP contribution in [0.15, 0.2) is 54.9 Å². The summed E-state index contributed by atoms with van der Waals surface area (Å²) < 4.78 is 12.4. The fourth-order valence-corrected chi connectivity index (χ4v) is 4.28. The van der Waals surface area contributed by atoms with E-state index in [4.69, 9.17) is 21.1 Å². The van der Waals surface area contributed by atoms with E-state index in [0.29, 0.717) is 53.9 Å². The Labute approximate surface area is 205 Å². The van der Waals surface area contributed by atoms with E-state index >= 15 is 0 Å². The lowest BCUT2D eigenvalue weighted by Gasteiger charge is -2.34. The highest BCUT2D eigenvalue weighted by Crippen LogP contribution is 2.32. The van der Waals surface area contributed by atoms with Gasteiger partial charge in [-0.05, 0) is 48.0 Å². The van der Waals surface area contributed by atoms with Crippen molar-refractivity contribution in [2.24, 2.45) is 0 Å². The van der Waals surface area contributed by atoms with Crippen molar-refractivity contribution in [3.8, 4) is 17.2 Å². The Balaban J connectivity index is 1.14. The van der Waals surface area contributed by atoms with Gasteiger partial charge in [-0.1, -0.05) is 22.9 Å². The lowest BCUT2D eigenvalue weighted by molar-refractivity contribution is -0.126. The third-order valence-electron chi connectivity index (χ3n) is 6.00. The number of anilines is 1. The second-order valence-corrected chi connectivity index (χ2v) is 8.54. The minimum absolute atomic E-state index is 0.0381. The molecule has 2 aromatic heterocycles. The van der Waals surface area contributed by atoms with Crippen LogP contribution in [0.2, 0.25) is 5.02 Å². The Morgan fingerprint density at radius 1 is 0.971 bits per heavy atom. The Morgan fingerprint density at radius 3 is 2.60 bits per heavy atom. The van der Waals surface area contributed by atoms with Gasteiger partial charge in [0.15, 0.2) is 28.5 Å². The minimum Gasteiger partial charge on any atom is -0.454 e. The molecule has 6 rings (SSSR count). The van der Waals surface area contributed by atoms with Gasteiger partial charge in [-0.2, -0.15) is 4.68 Å². The molecule has 1 fully saturated rings. The number of amides is 1. The zero-order valence-corrected chi connectivity index (χ0v) is 19.3. The van der Waals surface area contributed by atoms with Gasteiger partial charge in [0.1, 0.15) is 6.33 Å². The molecule has 2 aromatic carbocycles. The van der Waals surface area contributed by atoms with Gasteiger partial charge in [0.2, 0.25) is 12.7 Å². The van der Waals surface area contributed by atoms with Crippen LogP contribution in [0.3, 0.4) is 0 Å². The minimum atomic E-state index is -0.0381. The topological polar surface area (TPSA) is 98.5 Å². The fraction of sp³-hybridized carbons (Fsp3) is 0.208. The van der Waals surface area contributed by atoms with E-state index in [1.54, 1.807) is 29.0 Å². The average Bonchev–Trinajstić information content (AvgIpc) is 3.55. The van der Waals surface area contributed by atoms with Crippen LogP contribution in [0.1, 0.15) is 5.56 Å². The van der Waals surface area contributed by atoms with Crippen molar-refractivity contribution in [3.05, 3.63) is 65.5 Å². The molecule has 0 bridgehead atoms. The number of benzene rings is 2. The van der Waals surface area contributed by atoms with E-state index in [1.165, 1.54) is 6.33 Å². The second-order valence-electron chi connectivity index (χ2n) is 8.11. The molecule has 0 atom stereocenters. The Hall–Kier alpha value is -4.18. The van der Waals surface area contributed by atoms with Crippen molar-refractivity contribution in [1.29, 1.82) is 0 Å². The molecular weight excluding hydrogens is 470 g/mol. The van der Waals surface area contributed by atoms with Crippen molar-refractivity contribution in [1.82, 2.24) is 29.9 Å². The molecule has 0 saturated carbocycles. The average molecular weight is 490 g/mol. The summed E-state index contributed by atoms with van der Waals surface area (Å²) in [6.07, 6.45) is 4.90. The summed E-state index contributed by atoms with van der Waals surface area (Å²) in [6.45, 7) is 2.62. The number of rotatable bonds is 4. The number of ether oxygens (including phenoxy) is 2. The number of aromatic nitrogens is 5. The maximum absolute atomic E-state index is 12.7. The van der Waals surface area contributed by atoms with Crippen molar-refractivity contribution in [3.63, 3.8) is 0 Å². The number of carbonyl (C=O) groups excluding carboxylic acids is 1. The molecule has 0 N–H and O–H groups in total. The molecule has 4 aromatic rings. The van der Waals surface area contributed by atoms with Gasteiger partial charge in [0, 0.05) is 37.3 Å². The molecule has 4 heterocycles. The van der Waals surface area contributed by atoms with Gasteiger partial charge in [-0.3, -0.25) is 4.79 Å². The summed E-state index contributed by atoms with van der Waals surface area (Å²) in [6, 6.07) is 12.9. The van der Waals surface area contributed by atoms with E-state index in [9.17, 15) is 4.79 Å². The molecule has 2 aliphatic rings. The van der Waals surface area contributed by atoms with Gasteiger partial charge in [-0.25, -0.2) is 9.97 Å². The molecule has 1 amide bonds. The van der Waals surface area contributed by atoms with E-state index in [1.807, 2.05) is 35.2 Å². The second kappa shape index (κ2) is 8.88. The van der Waals surface area contributed by atoms with Gasteiger partial charge >= 0.3 is 0 Å². The van der Waals surface area contributed by atoms with Crippen LogP contribution in [0.4, 0.5) is 5.82 Å². The van der Waals surface area contributed by atoms with Crippen LogP contribution in [0, 0.1) is 0 Å². The smallest absolute Gasteiger partial charge is 0.246 e. The molecule has 1 saturated heterocycles. The van der Waals surface area contributed by atoms with Crippen LogP contribution in [0.5, 0.6) is 11.5 Å². The molecule has 176 valence electrons. The monoisotopic (exact) mass is 489 g/mol.